The number of fused-ring (bicyclic) bond motifs is 1. The summed E-state index contributed by atoms with van der Waals surface area (Å²) in [4.78, 5) is 10.4. The van der Waals surface area contributed by atoms with Crippen molar-refractivity contribution in [2.75, 3.05) is 19.6 Å². The molecule has 5 aromatic rings. The van der Waals surface area contributed by atoms with Crippen LogP contribution < -0.4 is 10.6 Å². The van der Waals surface area contributed by atoms with E-state index in [9.17, 15) is 4.39 Å². The van der Waals surface area contributed by atoms with Crippen LogP contribution in [0.2, 0.25) is 0 Å². The third-order valence-corrected chi connectivity index (χ3v) is 7.75. The second-order valence-corrected chi connectivity index (χ2v) is 10.7. The Morgan fingerprint density at radius 1 is 1.18 bits per heavy atom. The molecule has 7 nitrogen and oxygen atoms in total. The molecule has 0 amide bonds. The first-order chi connectivity index (χ1) is 19.4. The van der Waals surface area contributed by atoms with E-state index in [1.807, 2.05) is 50.6 Å². The molecule has 204 valence electrons. The van der Waals surface area contributed by atoms with Gasteiger partial charge in [-0.15, -0.1) is 0 Å². The largest absolute Gasteiger partial charge is 0.338 e. The summed E-state index contributed by atoms with van der Waals surface area (Å²) in [6, 6.07) is 9.36. The van der Waals surface area contributed by atoms with Gasteiger partial charge in [-0.05, 0) is 105 Å². The van der Waals surface area contributed by atoms with Crippen molar-refractivity contribution in [2.24, 2.45) is 7.05 Å². The number of benzene rings is 1. The lowest BCUT2D eigenvalue weighted by atomic mass is 9.99. The first-order valence-corrected chi connectivity index (χ1v) is 13.9. The van der Waals surface area contributed by atoms with Crippen molar-refractivity contribution < 1.29 is 4.39 Å². The average molecular weight is 536 g/mol. The standard InChI is InChI=1S/C32H34FN7/c1-21(25-19-35-39(3)20-25)8-9-29-22(2)31(38-37-29)30-18-28-27(10-11-34-32(28)36-30)24-15-23(16-26(33)17-24)7-6-14-40-12-4-5-13-40/h8-11,15-20,37H,2,4-7,12-14H2,1,3H3,(H,34,36)/b21-8+,29-9+. The second kappa shape index (κ2) is 11.1. The Kier molecular flexibility index (Phi) is 7.17. The van der Waals surface area contributed by atoms with Gasteiger partial charge in [0.2, 0.25) is 0 Å². The second-order valence-electron chi connectivity index (χ2n) is 10.7. The monoisotopic (exact) mass is 535 g/mol. The molecule has 1 saturated heterocycles. The number of likely N-dealkylation sites (tertiary alicyclic amines) is 1. The van der Waals surface area contributed by atoms with Crippen molar-refractivity contribution in [3.63, 3.8) is 0 Å². The molecular weight excluding hydrogens is 501 g/mol. The number of pyridine rings is 1. The van der Waals surface area contributed by atoms with Crippen molar-refractivity contribution in [2.45, 2.75) is 32.6 Å². The fourth-order valence-electron chi connectivity index (χ4n) is 5.54. The van der Waals surface area contributed by atoms with E-state index >= 15 is 0 Å². The normalized spacial score (nSPS) is 15.1. The number of nitrogens with one attached hydrogen (secondary N) is 2. The molecule has 40 heavy (non-hydrogen) atoms. The Labute approximate surface area is 232 Å². The van der Waals surface area contributed by atoms with Crippen LogP contribution in [0.1, 0.15) is 37.3 Å². The van der Waals surface area contributed by atoms with Crippen LogP contribution in [0, 0.1) is 5.82 Å². The van der Waals surface area contributed by atoms with Gasteiger partial charge in [0.25, 0.3) is 0 Å². The molecule has 0 atom stereocenters. The Bertz CT molecular complexity index is 1800. The number of aromatic nitrogens is 6. The number of hydrogen-bond donors (Lipinski definition) is 2. The molecule has 1 aliphatic heterocycles. The summed E-state index contributed by atoms with van der Waals surface area (Å²) in [6.07, 6.45) is 14.1. The maximum Gasteiger partial charge on any atom is 0.138 e. The number of halogens is 1. The van der Waals surface area contributed by atoms with Gasteiger partial charge in [0.1, 0.15) is 17.2 Å². The minimum Gasteiger partial charge on any atom is -0.338 e. The van der Waals surface area contributed by atoms with Crippen LogP contribution in [0.3, 0.4) is 0 Å². The predicted molar refractivity (Wildman–Crippen MR) is 159 cm³/mol. The minimum absolute atomic E-state index is 0.212. The Morgan fingerprint density at radius 3 is 2.83 bits per heavy atom. The van der Waals surface area contributed by atoms with Gasteiger partial charge in [-0.1, -0.05) is 18.7 Å². The zero-order chi connectivity index (χ0) is 27.6. The molecule has 8 heteroatoms. The zero-order valence-corrected chi connectivity index (χ0v) is 23.0. The predicted octanol–water partition coefficient (Wildman–Crippen LogP) is 4.82. The molecule has 0 bridgehead atoms. The first-order valence-electron chi connectivity index (χ1n) is 13.9. The Morgan fingerprint density at radius 2 is 2.02 bits per heavy atom. The molecule has 2 N–H and O–H groups in total. The summed E-state index contributed by atoms with van der Waals surface area (Å²) >= 11 is 0. The van der Waals surface area contributed by atoms with Crippen molar-refractivity contribution in [3.05, 3.63) is 82.5 Å². The molecule has 1 aliphatic rings. The van der Waals surface area contributed by atoms with Crippen LogP contribution in [0.25, 0.3) is 51.8 Å². The maximum absolute atomic E-state index is 14.7. The first kappa shape index (κ1) is 26.0. The fourth-order valence-corrected chi connectivity index (χ4v) is 5.54. The number of nitrogens with zero attached hydrogens (tertiary/aromatic N) is 5. The van der Waals surface area contributed by atoms with E-state index in [2.05, 4.69) is 42.8 Å². The minimum atomic E-state index is -0.212. The quantitative estimate of drug-likeness (QED) is 0.299. The zero-order valence-electron chi connectivity index (χ0n) is 23.0. The smallest absolute Gasteiger partial charge is 0.138 e. The van der Waals surface area contributed by atoms with Gasteiger partial charge >= 0.3 is 0 Å². The van der Waals surface area contributed by atoms with Crippen LogP contribution in [0.5, 0.6) is 0 Å². The van der Waals surface area contributed by atoms with Crippen LogP contribution in [-0.2, 0) is 13.5 Å². The highest BCUT2D eigenvalue weighted by Gasteiger charge is 2.14. The van der Waals surface area contributed by atoms with E-state index < -0.39 is 0 Å². The molecule has 4 aromatic heterocycles. The molecular formula is C32H34FN7. The van der Waals surface area contributed by atoms with Gasteiger partial charge in [-0.3, -0.25) is 9.78 Å². The summed E-state index contributed by atoms with van der Waals surface area (Å²) in [6.45, 7) is 9.77. The van der Waals surface area contributed by atoms with Crippen molar-refractivity contribution >= 4 is 29.3 Å². The van der Waals surface area contributed by atoms with Crippen LogP contribution in [-0.4, -0.2) is 54.5 Å². The molecule has 1 aromatic carbocycles. The summed E-state index contributed by atoms with van der Waals surface area (Å²) in [7, 11) is 1.90. The number of aryl methyl sites for hydroxylation is 2. The van der Waals surface area contributed by atoms with E-state index in [1.165, 1.54) is 25.9 Å². The third kappa shape index (κ3) is 5.40. The van der Waals surface area contributed by atoms with Gasteiger partial charge in [0.15, 0.2) is 0 Å². The molecule has 1 fully saturated rings. The maximum atomic E-state index is 14.7. The van der Waals surface area contributed by atoms with Crippen molar-refractivity contribution in [1.29, 1.82) is 0 Å². The highest BCUT2D eigenvalue weighted by Crippen LogP contribution is 2.31. The van der Waals surface area contributed by atoms with E-state index in [0.29, 0.717) is 0 Å². The average Bonchev–Trinajstić information content (AvgIpc) is 3.74. The lowest BCUT2D eigenvalue weighted by Gasteiger charge is -2.14. The van der Waals surface area contributed by atoms with Gasteiger partial charge in [0.05, 0.1) is 17.2 Å². The molecule has 0 saturated carbocycles. The molecule has 0 unspecified atom stereocenters. The fraction of sp³-hybridized carbons (Fsp3) is 0.281. The summed E-state index contributed by atoms with van der Waals surface area (Å²) < 4.78 is 16.5. The van der Waals surface area contributed by atoms with Crippen molar-refractivity contribution in [3.8, 4) is 22.5 Å². The van der Waals surface area contributed by atoms with Gasteiger partial charge in [-0.2, -0.15) is 10.2 Å². The molecule has 0 aliphatic carbocycles. The SMILES string of the molecule is C=c1c(-c2cc3c(-c4cc(F)cc(CCCN5CCCC5)c4)ccnc3[nH]2)n[nH]/c1=C/C=C(\C)c1cnn(C)c1. The molecule has 6 rings (SSSR count). The lowest BCUT2D eigenvalue weighted by molar-refractivity contribution is 0.334. The Hall–Kier alpha value is -4.30. The highest BCUT2D eigenvalue weighted by molar-refractivity contribution is 5.96. The molecule has 0 spiro atoms. The number of rotatable bonds is 8. The summed E-state index contributed by atoms with van der Waals surface area (Å²) in [5.74, 6) is -0.212. The summed E-state index contributed by atoms with van der Waals surface area (Å²) in [5.41, 5.74) is 7.24. The number of hydrogen-bond acceptors (Lipinski definition) is 4. The van der Waals surface area contributed by atoms with E-state index in [-0.39, 0.29) is 5.82 Å². The topological polar surface area (TPSA) is 78.4 Å². The van der Waals surface area contributed by atoms with Crippen LogP contribution in [0.4, 0.5) is 4.39 Å². The number of aromatic amines is 2. The lowest BCUT2D eigenvalue weighted by Crippen LogP contribution is -2.21. The van der Waals surface area contributed by atoms with E-state index in [1.54, 1.807) is 23.0 Å². The van der Waals surface area contributed by atoms with Crippen LogP contribution >= 0.6 is 0 Å². The van der Waals surface area contributed by atoms with E-state index in [0.717, 1.165) is 80.2 Å². The highest BCUT2D eigenvalue weighted by atomic mass is 19.1. The van der Waals surface area contributed by atoms with Crippen molar-refractivity contribution in [1.82, 2.24) is 34.8 Å². The van der Waals surface area contributed by atoms with Gasteiger partial charge in [0, 0.05) is 35.6 Å². The molecule has 5 heterocycles. The Balaban J connectivity index is 1.28. The molecule has 0 radical (unpaired) electrons. The number of allylic oxidation sites excluding steroid dienone is 2. The summed E-state index contributed by atoms with van der Waals surface area (Å²) in [5, 5.41) is 14.4. The van der Waals surface area contributed by atoms with Crippen LogP contribution in [0.15, 0.2) is 55.0 Å². The van der Waals surface area contributed by atoms with Gasteiger partial charge < -0.3 is 9.88 Å². The number of H-pyrrole nitrogens is 2. The third-order valence-electron chi connectivity index (χ3n) is 7.75. The van der Waals surface area contributed by atoms with Gasteiger partial charge in [-0.25, -0.2) is 9.37 Å². The van der Waals surface area contributed by atoms with E-state index in [4.69, 9.17) is 0 Å².